The highest BCUT2D eigenvalue weighted by molar-refractivity contribution is 6.33. The molecular weight excluding hydrogens is 503 g/mol. The van der Waals surface area contributed by atoms with E-state index in [0.29, 0.717) is 46.8 Å². The van der Waals surface area contributed by atoms with Gasteiger partial charge in [-0.1, -0.05) is 17.7 Å². The molecule has 3 aromatic rings. The first kappa shape index (κ1) is 24.8. The molecular formula is C26H30ClFN4O5. The number of aliphatic hydroxyl groups excluding tert-OH is 1. The number of ether oxygens (including phenoxy) is 3. The van der Waals surface area contributed by atoms with Crippen LogP contribution in [-0.4, -0.2) is 68.4 Å². The van der Waals surface area contributed by atoms with Gasteiger partial charge in [0.05, 0.1) is 35.4 Å². The van der Waals surface area contributed by atoms with Gasteiger partial charge < -0.3 is 34.7 Å². The van der Waals surface area contributed by atoms with Crippen LogP contribution in [-0.2, 0) is 22.3 Å². The Balaban J connectivity index is 1.18. The zero-order chi connectivity index (χ0) is 25.9. The molecule has 3 aliphatic rings. The Morgan fingerprint density at radius 3 is 2.84 bits per heavy atom. The molecule has 4 heterocycles. The van der Waals surface area contributed by atoms with E-state index in [1.165, 1.54) is 0 Å². The van der Waals surface area contributed by atoms with E-state index in [4.69, 9.17) is 25.8 Å². The predicted octanol–water partition coefficient (Wildman–Crippen LogP) is 3.46. The zero-order valence-electron chi connectivity index (χ0n) is 20.6. The fourth-order valence-electron chi connectivity index (χ4n) is 5.42. The quantitative estimate of drug-likeness (QED) is 0.365. The largest absolute Gasteiger partial charge is 0.456 e. The zero-order valence-corrected chi connectivity index (χ0v) is 21.4. The first-order chi connectivity index (χ1) is 17.6. The molecule has 4 N–H and O–H groups in total. The summed E-state index contributed by atoms with van der Waals surface area (Å²) in [7, 11) is 0. The average molecular weight is 533 g/mol. The minimum atomic E-state index is -0.794. The number of fused-ring (bicyclic) bond motifs is 3. The molecule has 0 spiro atoms. The van der Waals surface area contributed by atoms with E-state index in [1.54, 1.807) is 26.0 Å². The molecule has 198 valence electrons. The van der Waals surface area contributed by atoms with Crippen LogP contribution >= 0.6 is 11.6 Å². The molecule has 2 aliphatic heterocycles. The van der Waals surface area contributed by atoms with Gasteiger partial charge in [0.15, 0.2) is 11.8 Å². The van der Waals surface area contributed by atoms with Crippen LogP contribution in [0, 0.1) is 5.82 Å². The lowest BCUT2D eigenvalue weighted by molar-refractivity contribution is 0.00706. The van der Waals surface area contributed by atoms with Gasteiger partial charge >= 0.3 is 0 Å². The first-order valence-electron chi connectivity index (χ1n) is 12.6. The molecule has 37 heavy (non-hydrogen) atoms. The van der Waals surface area contributed by atoms with Gasteiger partial charge in [-0.2, -0.15) is 4.98 Å². The number of nitrogens with zero attached hydrogens (tertiary/aromatic N) is 2. The Morgan fingerprint density at radius 1 is 1.22 bits per heavy atom. The number of pyridine rings is 1. The number of anilines is 1. The van der Waals surface area contributed by atoms with E-state index in [9.17, 15) is 10.2 Å². The highest BCUT2D eigenvalue weighted by atomic mass is 35.5. The van der Waals surface area contributed by atoms with Crippen LogP contribution in [0.1, 0.15) is 49.4 Å². The summed E-state index contributed by atoms with van der Waals surface area (Å²) < 4.78 is 32.3. The van der Waals surface area contributed by atoms with E-state index in [-0.39, 0.29) is 37.2 Å². The van der Waals surface area contributed by atoms with Crippen molar-refractivity contribution in [3.63, 3.8) is 0 Å². The summed E-state index contributed by atoms with van der Waals surface area (Å²) in [5.41, 5.74) is 2.70. The maximum absolute atomic E-state index is 15.2. The van der Waals surface area contributed by atoms with Gasteiger partial charge in [0.2, 0.25) is 0 Å². The predicted molar refractivity (Wildman–Crippen MR) is 135 cm³/mol. The van der Waals surface area contributed by atoms with E-state index in [0.717, 1.165) is 17.5 Å². The average Bonchev–Trinajstić information content (AvgIpc) is 3.59. The van der Waals surface area contributed by atoms with Crippen molar-refractivity contribution in [2.75, 3.05) is 18.5 Å². The molecule has 2 saturated heterocycles. The van der Waals surface area contributed by atoms with Crippen molar-refractivity contribution in [2.45, 2.75) is 75.6 Å². The fraction of sp³-hybridized carbons (Fsp3) is 0.538. The highest BCUT2D eigenvalue weighted by Gasteiger charge is 2.48. The van der Waals surface area contributed by atoms with Crippen LogP contribution in [0.5, 0.6) is 6.01 Å². The monoisotopic (exact) mass is 532 g/mol. The summed E-state index contributed by atoms with van der Waals surface area (Å²) in [6, 6.07) is 5.29. The maximum atomic E-state index is 15.2. The van der Waals surface area contributed by atoms with Gasteiger partial charge in [-0.05, 0) is 62.8 Å². The Kier molecular flexibility index (Phi) is 6.27. The molecule has 0 saturated carbocycles. The number of halogens is 2. The fourth-order valence-corrected chi connectivity index (χ4v) is 5.63. The third kappa shape index (κ3) is 4.88. The van der Waals surface area contributed by atoms with E-state index < -0.39 is 23.9 Å². The summed E-state index contributed by atoms with van der Waals surface area (Å²) in [6.07, 6.45) is 0.808. The van der Waals surface area contributed by atoms with Crippen LogP contribution in [0.4, 0.5) is 10.2 Å². The second-order valence-corrected chi connectivity index (χ2v) is 11.2. The van der Waals surface area contributed by atoms with Crippen molar-refractivity contribution in [1.82, 2.24) is 15.0 Å². The lowest BCUT2D eigenvalue weighted by atomic mass is 9.96. The molecule has 2 fully saturated rings. The molecule has 9 nitrogen and oxygen atoms in total. The molecule has 2 aromatic heterocycles. The normalized spacial score (nSPS) is 27.0. The number of aliphatic hydroxyl groups is 2. The third-order valence-electron chi connectivity index (χ3n) is 7.31. The van der Waals surface area contributed by atoms with E-state index in [1.807, 2.05) is 6.07 Å². The smallest absolute Gasteiger partial charge is 0.296 e. The molecule has 0 radical (unpaired) electrons. The van der Waals surface area contributed by atoms with Gasteiger partial charge in [0.1, 0.15) is 29.9 Å². The Morgan fingerprint density at radius 2 is 2.03 bits per heavy atom. The van der Waals surface area contributed by atoms with Crippen LogP contribution in [0.25, 0.3) is 11.2 Å². The van der Waals surface area contributed by atoms with Crippen molar-refractivity contribution in [3.8, 4) is 6.01 Å². The number of H-pyrrole nitrogens is 1. The number of aryl methyl sites for hydroxylation is 2. The molecule has 5 atom stereocenters. The van der Waals surface area contributed by atoms with Crippen LogP contribution in [0.3, 0.4) is 0 Å². The number of aromatic nitrogens is 3. The van der Waals surface area contributed by atoms with Crippen LogP contribution < -0.4 is 10.1 Å². The van der Waals surface area contributed by atoms with Crippen molar-refractivity contribution < 1.29 is 28.8 Å². The number of benzene rings is 1. The molecule has 1 aromatic carbocycles. The van der Waals surface area contributed by atoms with Crippen LogP contribution in [0.2, 0.25) is 5.02 Å². The lowest BCUT2D eigenvalue weighted by Gasteiger charge is -2.18. The number of aromatic amines is 1. The maximum Gasteiger partial charge on any atom is 0.296 e. The Bertz CT molecular complexity index is 1330. The topological polar surface area (TPSA) is 122 Å². The number of nitrogens with one attached hydrogen (secondary N) is 2. The van der Waals surface area contributed by atoms with Crippen molar-refractivity contribution >= 4 is 28.6 Å². The molecule has 11 heteroatoms. The van der Waals surface area contributed by atoms with E-state index in [2.05, 4.69) is 20.3 Å². The van der Waals surface area contributed by atoms with E-state index >= 15 is 4.39 Å². The van der Waals surface area contributed by atoms with Gasteiger partial charge in [0.25, 0.3) is 6.01 Å². The molecule has 6 rings (SSSR count). The third-order valence-corrected chi connectivity index (χ3v) is 7.60. The number of imidazole rings is 1. The van der Waals surface area contributed by atoms with Crippen molar-refractivity contribution in [1.29, 1.82) is 0 Å². The first-order valence-corrected chi connectivity index (χ1v) is 13.0. The molecule has 0 bridgehead atoms. The summed E-state index contributed by atoms with van der Waals surface area (Å²) in [5, 5.41) is 23.6. The van der Waals surface area contributed by atoms with Gasteiger partial charge in [-0.25, -0.2) is 9.37 Å². The van der Waals surface area contributed by atoms with Crippen molar-refractivity contribution in [3.05, 3.63) is 45.7 Å². The SMILES string of the molecule is CC(C)(O)CCc1cc(F)c2c(c1)CC[C@@H]2Nc1nc2nc(O[C@@H]3CO[C@H]4[C@@H]3OC[C@H]4O)[nH]c2cc1Cl. The second-order valence-electron chi connectivity index (χ2n) is 10.7. The minimum absolute atomic E-state index is 0.217. The molecule has 0 amide bonds. The van der Waals surface area contributed by atoms with Crippen molar-refractivity contribution in [2.24, 2.45) is 0 Å². The van der Waals surface area contributed by atoms with Gasteiger partial charge in [-0.3, -0.25) is 0 Å². The Hall–Kier alpha value is -2.50. The molecule has 0 unspecified atom stereocenters. The number of rotatable bonds is 7. The summed E-state index contributed by atoms with van der Waals surface area (Å²) in [4.78, 5) is 12.1. The summed E-state index contributed by atoms with van der Waals surface area (Å²) >= 11 is 6.53. The minimum Gasteiger partial charge on any atom is -0.456 e. The Labute approximate surface area is 218 Å². The number of hydrogen-bond donors (Lipinski definition) is 4. The highest BCUT2D eigenvalue weighted by Crippen LogP contribution is 2.38. The summed E-state index contributed by atoms with van der Waals surface area (Å²) in [5.74, 6) is 0.157. The van der Waals surface area contributed by atoms with Gasteiger partial charge in [-0.15, -0.1) is 0 Å². The lowest BCUT2D eigenvalue weighted by Crippen LogP contribution is -2.34. The van der Waals surface area contributed by atoms with Gasteiger partial charge in [0, 0.05) is 5.56 Å². The molecule has 1 aliphatic carbocycles. The summed E-state index contributed by atoms with van der Waals surface area (Å²) in [6.45, 7) is 4.02. The standard InChI is InChI=1S/C26H30ClFN4O5/c1-26(2,34)6-5-12-7-13-3-4-16(20(13)15(28)8-12)29-23-14(27)9-17-24(31-23)32-25(30-17)37-19-11-36-21-18(33)10-35-22(19)21/h7-9,16,18-19,21-22,33-34H,3-6,10-11H2,1-2H3,(H2,29,30,31,32)/t16-,18+,19+,21+,22+/m0/s1. The number of hydrogen-bond acceptors (Lipinski definition) is 8. The second kappa shape index (κ2) is 9.36. The van der Waals surface area contributed by atoms with Crippen LogP contribution in [0.15, 0.2) is 18.2 Å².